The van der Waals surface area contributed by atoms with Gasteiger partial charge in [-0.25, -0.2) is 4.79 Å². The van der Waals surface area contributed by atoms with Gasteiger partial charge in [-0.15, -0.1) is 0 Å². The van der Waals surface area contributed by atoms with E-state index in [4.69, 9.17) is 9.47 Å². The summed E-state index contributed by atoms with van der Waals surface area (Å²) in [6.07, 6.45) is 0.851. The fraction of sp³-hybridized carbons (Fsp3) is 0.765. The number of fused-ring (bicyclic) bond motifs is 2. The predicted octanol–water partition coefficient (Wildman–Crippen LogP) is 1.83. The van der Waals surface area contributed by atoms with Crippen LogP contribution in [-0.2, 0) is 19.1 Å². The van der Waals surface area contributed by atoms with E-state index in [2.05, 4.69) is 13.5 Å². The zero-order valence-corrected chi connectivity index (χ0v) is 13.4. The Balaban J connectivity index is 1.94. The van der Waals surface area contributed by atoms with Crippen molar-refractivity contribution >= 4 is 11.9 Å². The van der Waals surface area contributed by atoms with Crippen LogP contribution in [0.25, 0.3) is 0 Å². The fourth-order valence-electron chi connectivity index (χ4n) is 5.03. The molecule has 0 amide bonds. The van der Waals surface area contributed by atoms with E-state index < -0.39 is 11.5 Å². The highest BCUT2D eigenvalue weighted by Crippen LogP contribution is 2.57. The Morgan fingerprint density at radius 3 is 2.77 bits per heavy atom. The Morgan fingerprint density at radius 2 is 2.14 bits per heavy atom. The predicted molar refractivity (Wildman–Crippen MR) is 78.7 cm³/mol. The zero-order chi connectivity index (χ0) is 16.2. The van der Waals surface area contributed by atoms with E-state index in [1.165, 1.54) is 6.92 Å². The molecule has 5 heteroatoms. The first-order valence-corrected chi connectivity index (χ1v) is 7.99. The van der Waals surface area contributed by atoms with Gasteiger partial charge in [0.05, 0.1) is 6.10 Å². The summed E-state index contributed by atoms with van der Waals surface area (Å²) in [5, 5.41) is 10.6. The lowest BCUT2D eigenvalue weighted by Gasteiger charge is -2.38. The molecule has 0 aromatic carbocycles. The van der Waals surface area contributed by atoms with Crippen molar-refractivity contribution in [3.8, 4) is 0 Å². The molecule has 3 fully saturated rings. The van der Waals surface area contributed by atoms with Crippen molar-refractivity contribution in [3.63, 3.8) is 0 Å². The van der Waals surface area contributed by atoms with E-state index >= 15 is 0 Å². The van der Waals surface area contributed by atoms with E-state index in [0.29, 0.717) is 18.4 Å². The van der Waals surface area contributed by atoms with Crippen LogP contribution in [0.5, 0.6) is 0 Å². The molecule has 1 heterocycles. The molecule has 3 aliphatic rings. The summed E-state index contributed by atoms with van der Waals surface area (Å²) in [7, 11) is 0. The molecule has 2 aliphatic carbocycles. The number of aliphatic hydroxyl groups is 1. The minimum atomic E-state index is -0.549. The highest BCUT2D eigenvalue weighted by atomic mass is 16.6. The SMILES string of the molecule is C=C1C(=O)O[C@H]2C[C@@H](C)[C@@H]3[C@H](OC(C)=O)C[C@H](O)[C@@]3(C)C[C@H]12. The third-order valence-electron chi connectivity index (χ3n) is 5.99. The lowest BCUT2D eigenvalue weighted by Crippen LogP contribution is -2.38. The van der Waals surface area contributed by atoms with E-state index in [9.17, 15) is 14.7 Å². The molecule has 2 saturated carbocycles. The molecule has 122 valence electrons. The lowest BCUT2D eigenvalue weighted by molar-refractivity contribution is -0.150. The summed E-state index contributed by atoms with van der Waals surface area (Å²) in [6.45, 7) is 9.42. The quantitative estimate of drug-likeness (QED) is 0.591. The molecule has 5 nitrogen and oxygen atoms in total. The van der Waals surface area contributed by atoms with Gasteiger partial charge in [-0.05, 0) is 18.8 Å². The first-order valence-electron chi connectivity index (χ1n) is 7.99. The molecule has 0 bridgehead atoms. The van der Waals surface area contributed by atoms with E-state index in [-0.39, 0.29) is 41.9 Å². The second-order valence-electron chi connectivity index (χ2n) is 7.42. The van der Waals surface area contributed by atoms with Crippen molar-refractivity contribution in [1.82, 2.24) is 0 Å². The van der Waals surface area contributed by atoms with Crippen LogP contribution in [0.3, 0.4) is 0 Å². The Bertz CT molecular complexity index is 527. The standard InChI is InChI=1S/C17H24O5/c1-8-5-12-11(9(2)16(20)22-12)7-17(4)14(19)6-13(15(8)17)21-10(3)18/h8,11-15,19H,2,5-7H2,1,3-4H3/t8-,11-,12+,13-,14+,15-,17-/m1/s1. The maximum Gasteiger partial charge on any atom is 0.334 e. The number of hydrogen-bond donors (Lipinski definition) is 1. The number of aliphatic hydroxyl groups excluding tert-OH is 1. The summed E-state index contributed by atoms with van der Waals surface area (Å²) in [4.78, 5) is 23.2. The topological polar surface area (TPSA) is 72.8 Å². The van der Waals surface area contributed by atoms with Gasteiger partial charge in [-0.1, -0.05) is 20.4 Å². The van der Waals surface area contributed by atoms with Gasteiger partial charge >= 0.3 is 11.9 Å². The van der Waals surface area contributed by atoms with Gasteiger partial charge in [0, 0.05) is 36.2 Å². The van der Waals surface area contributed by atoms with Gasteiger partial charge in [-0.3, -0.25) is 4.79 Å². The molecule has 0 spiro atoms. The number of hydrogen-bond acceptors (Lipinski definition) is 5. The normalized spacial score (nSPS) is 47.5. The molecule has 0 aromatic rings. The van der Waals surface area contributed by atoms with Crippen LogP contribution in [0.2, 0.25) is 0 Å². The molecule has 1 saturated heterocycles. The molecule has 0 radical (unpaired) electrons. The van der Waals surface area contributed by atoms with Gasteiger partial charge in [0.25, 0.3) is 0 Å². The average Bonchev–Trinajstić information content (AvgIpc) is 2.73. The van der Waals surface area contributed by atoms with E-state index in [0.717, 1.165) is 6.42 Å². The molecule has 1 N–H and O–H groups in total. The largest absolute Gasteiger partial charge is 0.462 e. The monoisotopic (exact) mass is 308 g/mol. The Labute approximate surface area is 130 Å². The van der Waals surface area contributed by atoms with Gasteiger partial charge in [0.2, 0.25) is 0 Å². The second kappa shape index (κ2) is 5.08. The summed E-state index contributed by atoms with van der Waals surface area (Å²) in [5.41, 5.74) is 0.123. The van der Waals surface area contributed by atoms with E-state index in [1.54, 1.807) is 0 Å². The van der Waals surface area contributed by atoms with Crippen molar-refractivity contribution in [2.45, 2.75) is 58.3 Å². The van der Waals surface area contributed by atoms with Crippen molar-refractivity contribution in [3.05, 3.63) is 12.2 Å². The molecule has 7 atom stereocenters. The smallest absolute Gasteiger partial charge is 0.334 e. The van der Waals surface area contributed by atoms with Crippen molar-refractivity contribution < 1.29 is 24.2 Å². The molecule has 1 aliphatic heterocycles. The molecule has 3 rings (SSSR count). The highest BCUT2D eigenvalue weighted by molar-refractivity contribution is 5.90. The Hall–Kier alpha value is -1.36. The number of carbonyl (C=O) groups excluding carboxylic acids is 2. The maximum atomic E-state index is 11.8. The number of esters is 2. The van der Waals surface area contributed by atoms with Crippen LogP contribution in [0.15, 0.2) is 12.2 Å². The van der Waals surface area contributed by atoms with Crippen molar-refractivity contribution in [2.75, 3.05) is 0 Å². The van der Waals surface area contributed by atoms with Crippen LogP contribution in [0.1, 0.15) is 40.0 Å². The summed E-state index contributed by atoms with van der Waals surface area (Å²) in [6, 6.07) is 0. The van der Waals surface area contributed by atoms with E-state index in [1.807, 2.05) is 6.92 Å². The van der Waals surface area contributed by atoms with Crippen LogP contribution in [-0.4, -0.2) is 35.4 Å². The van der Waals surface area contributed by atoms with Crippen molar-refractivity contribution in [2.24, 2.45) is 23.2 Å². The highest BCUT2D eigenvalue weighted by Gasteiger charge is 2.60. The first-order chi connectivity index (χ1) is 10.2. The molecule has 0 aromatic heterocycles. The third-order valence-corrected chi connectivity index (χ3v) is 5.99. The summed E-state index contributed by atoms with van der Waals surface area (Å²) >= 11 is 0. The Kier molecular flexibility index (Phi) is 3.59. The van der Waals surface area contributed by atoms with Gasteiger partial charge < -0.3 is 14.6 Å². The third kappa shape index (κ3) is 2.18. The van der Waals surface area contributed by atoms with Gasteiger partial charge in [-0.2, -0.15) is 0 Å². The minimum absolute atomic E-state index is 0.0457. The van der Waals surface area contributed by atoms with Crippen molar-refractivity contribution in [1.29, 1.82) is 0 Å². The zero-order valence-electron chi connectivity index (χ0n) is 13.4. The molecule has 0 unspecified atom stereocenters. The van der Waals surface area contributed by atoms with Gasteiger partial charge in [0.1, 0.15) is 12.2 Å². The average molecular weight is 308 g/mol. The van der Waals surface area contributed by atoms with Crippen LogP contribution in [0.4, 0.5) is 0 Å². The number of carbonyl (C=O) groups is 2. The maximum absolute atomic E-state index is 11.8. The summed E-state index contributed by atoms with van der Waals surface area (Å²) in [5.74, 6) is -0.401. The Morgan fingerprint density at radius 1 is 1.45 bits per heavy atom. The molecular formula is C17H24O5. The molecule has 22 heavy (non-hydrogen) atoms. The first kappa shape index (κ1) is 15.5. The minimum Gasteiger partial charge on any atom is -0.462 e. The molecular weight excluding hydrogens is 284 g/mol. The lowest BCUT2D eigenvalue weighted by atomic mass is 9.69. The van der Waals surface area contributed by atoms with Crippen LogP contribution >= 0.6 is 0 Å². The van der Waals surface area contributed by atoms with Crippen LogP contribution in [0, 0.1) is 23.2 Å². The summed E-state index contributed by atoms with van der Waals surface area (Å²) < 4.78 is 10.9. The number of rotatable bonds is 1. The number of ether oxygens (including phenoxy) is 2. The fourth-order valence-corrected chi connectivity index (χ4v) is 5.03. The van der Waals surface area contributed by atoms with Crippen LogP contribution < -0.4 is 0 Å². The second-order valence-corrected chi connectivity index (χ2v) is 7.42. The van der Waals surface area contributed by atoms with Gasteiger partial charge in [0.15, 0.2) is 0 Å².